The summed E-state index contributed by atoms with van der Waals surface area (Å²) in [6.45, 7) is 1.84. The first-order chi connectivity index (χ1) is 15.0. The molecule has 3 amide bonds. The molecule has 3 aromatic carbocycles. The van der Waals surface area contributed by atoms with Gasteiger partial charge in [-0.05, 0) is 61.0 Å². The van der Waals surface area contributed by atoms with Crippen LogP contribution in [-0.2, 0) is 0 Å². The van der Waals surface area contributed by atoms with E-state index in [-0.39, 0.29) is 17.4 Å². The molecule has 2 heterocycles. The molecule has 0 saturated carbocycles. The SMILES string of the molecule is Cc1ccccc1N1C(=O)c2ccc(C(=O)Nc3cccc4ncccc34)cc2C1=O. The number of pyridine rings is 1. The van der Waals surface area contributed by atoms with Crippen LogP contribution in [0.1, 0.15) is 36.6 Å². The summed E-state index contributed by atoms with van der Waals surface area (Å²) in [4.78, 5) is 44.3. The Kier molecular flexibility index (Phi) is 4.33. The quantitative estimate of drug-likeness (QED) is 0.504. The number of carbonyl (C=O) groups is 3. The van der Waals surface area contributed by atoms with E-state index in [0.717, 1.165) is 21.4 Å². The highest BCUT2D eigenvalue weighted by atomic mass is 16.2. The van der Waals surface area contributed by atoms with E-state index < -0.39 is 5.91 Å². The van der Waals surface area contributed by atoms with Crippen LogP contribution < -0.4 is 10.2 Å². The highest BCUT2D eigenvalue weighted by Gasteiger charge is 2.37. The number of benzene rings is 3. The van der Waals surface area contributed by atoms with Crippen molar-refractivity contribution in [3.8, 4) is 0 Å². The Morgan fingerprint density at radius 2 is 1.68 bits per heavy atom. The lowest BCUT2D eigenvalue weighted by atomic mass is 10.0. The average molecular weight is 407 g/mol. The monoisotopic (exact) mass is 407 g/mol. The van der Waals surface area contributed by atoms with E-state index in [0.29, 0.717) is 22.5 Å². The van der Waals surface area contributed by atoms with E-state index in [1.807, 2.05) is 37.3 Å². The fourth-order valence-electron chi connectivity index (χ4n) is 3.82. The van der Waals surface area contributed by atoms with Crippen molar-refractivity contribution < 1.29 is 14.4 Å². The van der Waals surface area contributed by atoms with Crippen molar-refractivity contribution >= 4 is 40.0 Å². The number of para-hydroxylation sites is 1. The number of anilines is 2. The molecule has 6 nitrogen and oxygen atoms in total. The van der Waals surface area contributed by atoms with Crippen LogP contribution in [0.5, 0.6) is 0 Å². The molecule has 1 aliphatic rings. The molecule has 0 radical (unpaired) electrons. The molecule has 0 unspecified atom stereocenters. The molecule has 0 fully saturated rings. The summed E-state index contributed by atoms with van der Waals surface area (Å²) in [5, 5.41) is 3.70. The number of rotatable bonds is 3. The molecule has 4 aromatic rings. The largest absolute Gasteiger partial charge is 0.321 e. The van der Waals surface area contributed by atoms with Gasteiger partial charge in [0.05, 0.1) is 28.0 Å². The predicted molar refractivity (Wildman–Crippen MR) is 118 cm³/mol. The molecule has 0 aliphatic carbocycles. The molecule has 150 valence electrons. The van der Waals surface area contributed by atoms with Gasteiger partial charge in [0, 0.05) is 17.1 Å². The van der Waals surface area contributed by atoms with Gasteiger partial charge in [-0.2, -0.15) is 0 Å². The highest BCUT2D eigenvalue weighted by Crippen LogP contribution is 2.31. The lowest BCUT2D eigenvalue weighted by Gasteiger charge is -2.16. The Labute approximate surface area is 178 Å². The summed E-state index contributed by atoms with van der Waals surface area (Å²) in [6.07, 6.45) is 1.69. The fourth-order valence-corrected chi connectivity index (χ4v) is 3.82. The molecule has 1 aromatic heterocycles. The number of aromatic nitrogens is 1. The van der Waals surface area contributed by atoms with E-state index in [9.17, 15) is 14.4 Å². The molecular formula is C25H17N3O3. The number of aryl methyl sites for hydroxylation is 1. The Balaban J connectivity index is 1.48. The number of imide groups is 1. The molecule has 6 heteroatoms. The minimum atomic E-state index is -0.432. The molecule has 31 heavy (non-hydrogen) atoms. The minimum Gasteiger partial charge on any atom is -0.321 e. The van der Waals surface area contributed by atoms with Gasteiger partial charge in [0.15, 0.2) is 0 Å². The van der Waals surface area contributed by atoms with E-state index in [1.54, 1.807) is 36.5 Å². The maximum absolute atomic E-state index is 13.0. The lowest BCUT2D eigenvalue weighted by molar-refractivity contribution is 0.0925. The second-order valence-electron chi connectivity index (χ2n) is 7.32. The van der Waals surface area contributed by atoms with Crippen molar-refractivity contribution in [1.29, 1.82) is 0 Å². The zero-order chi connectivity index (χ0) is 21.5. The number of nitrogens with zero attached hydrogens (tertiary/aromatic N) is 2. The van der Waals surface area contributed by atoms with Crippen molar-refractivity contribution in [2.75, 3.05) is 10.2 Å². The zero-order valence-corrected chi connectivity index (χ0v) is 16.6. The Hall–Kier alpha value is -4.32. The van der Waals surface area contributed by atoms with E-state index in [2.05, 4.69) is 10.3 Å². The third-order valence-corrected chi connectivity index (χ3v) is 5.40. The molecule has 1 aliphatic heterocycles. The van der Waals surface area contributed by atoms with Crippen LogP contribution in [-0.4, -0.2) is 22.7 Å². The van der Waals surface area contributed by atoms with Crippen LogP contribution in [0.15, 0.2) is 79.0 Å². The van der Waals surface area contributed by atoms with Gasteiger partial charge in [0.1, 0.15) is 0 Å². The third kappa shape index (κ3) is 3.05. The van der Waals surface area contributed by atoms with Crippen LogP contribution >= 0.6 is 0 Å². The summed E-state index contributed by atoms with van der Waals surface area (Å²) >= 11 is 0. The summed E-state index contributed by atoms with van der Waals surface area (Å²) in [5.74, 6) is -1.19. The van der Waals surface area contributed by atoms with Gasteiger partial charge in [0.25, 0.3) is 17.7 Å². The van der Waals surface area contributed by atoms with Gasteiger partial charge >= 0.3 is 0 Å². The second kappa shape index (κ2) is 7.18. The second-order valence-corrected chi connectivity index (χ2v) is 7.32. The summed E-state index contributed by atoms with van der Waals surface area (Å²) in [5.41, 5.74) is 3.57. The van der Waals surface area contributed by atoms with E-state index in [4.69, 9.17) is 0 Å². The van der Waals surface area contributed by atoms with Crippen LogP contribution in [0.25, 0.3) is 10.9 Å². The van der Waals surface area contributed by atoms with Crippen molar-refractivity contribution in [2.45, 2.75) is 6.92 Å². The van der Waals surface area contributed by atoms with Crippen molar-refractivity contribution in [3.63, 3.8) is 0 Å². The number of carbonyl (C=O) groups excluding carboxylic acids is 3. The van der Waals surface area contributed by atoms with Crippen LogP contribution in [0.4, 0.5) is 11.4 Å². The lowest BCUT2D eigenvalue weighted by Crippen LogP contribution is -2.29. The maximum Gasteiger partial charge on any atom is 0.266 e. The molecule has 5 rings (SSSR count). The average Bonchev–Trinajstić information content (AvgIpc) is 3.04. The smallest absolute Gasteiger partial charge is 0.266 e. The van der Waals surface area contributed by atoms with Crippen molar-refractivity contribution in [2.24, 2.45) is 0 Å². The van der Waals surface area contributed by atoms with Gasteiger partial charge < -0.3 is 5.32 Å². The topological polar surface area (TPSA) is 79.4 Å². The molecule has 0 spiro atoms. The first kappa shape index (κ1) is 18.7. The van der Waals surface area contributed by atoms with Crippen molar-refractivity contribution in [3.05, 3.63) is 101 Å². The fraction of sp³-hybridized carbons (Fsp3) is 0.0400. The Morgan fingerprint density at radius 1 is 0.871 bits per heavy atom. The van der Waals surface area contributed by atoms with E-state index >= 15 is 0 Å². The van der Waals surface area contributed by atoms with Crippen LogP contribution in [0, 0.1) is 6.92 Å². The Morgan fingerprint density at radius 3 is 2.52 bits per heavy atom. The molecule has 0 atom stereocenters. The first-order valence-electron chi connectivity index (χ1n) is 9.78. The number of hydrogen-bond acceptors (Lipinski definition) is 4. The number of fused-ring (bicyclic) bond motifs is 2. The van der Waals surface area contributed by atoms with Crippen LogP contribution in [0.2, 0.25) is 0 Å². The number of nitrogens with one attached hydrogen (secondary N) is 1. The Bertz CT molecular complexity index is 1390. The predicted octanol–water partition coefficient (Wildman–Crippen LogP) is 4.60. The van der Waals surface area contributed by atoms with Gasteiger partial charge in [0.2, 0.25) is 0 Å². The third-order valence-electron chi connectivity index (χ3n) is 5.40. The minimum absolute atomic E-state index is 0.223. The normalized spacial score (nSPS) is 12.9. The zero-order valence-electron chi connectivity index (χ0n) is 16.6. The molecule has 0 bridgehead atoms. The maximum atomic E-state index is 13.0. The van der Waals surface area contributed by atoms with Gasteiger partial charge in [-0.15, -0.1) is 0 Å². The molecular weight excluding hydrogens is 390 g/mol. The summed E-state index contributed by atoms with van der Waals surface area (Å²) in [6, 6.07) is 20.9. The first-order valence-corrected chi connectivity index (χ1v) is 9.78. The highest BCUT2D eigenvalue weighted by molar-refractivity contribution is 6.35. The number of amides is 3. The van der Waals surface area contributed by atoms with Crippen molar-refractivity contribution in [1.82, 2.24) is 4.98 Å². The van der Waals surface area contributed by atoms with E-state index in [1.165, 1.54) is 12.1 Å². The summed E-state index contributed by atoms with van der Waals surface area (Å²) in [7, 11) is 0. The van der Waals surface area contributed by atoms with Gasteiger partial charge in [-0.25, -0.2) is 4.90 Å². The standard InChI is InChI=1S/C25H17N3O3/c1-15-6-2-3-10-22(15)28-24(30)17-12-11-16(14-19(17)25(28)31)23(29)27-21-9-4-8-20-18(21)7-5-13-26-20/h2-14H,1H3,(H,27,29). The molecule has 0 saturated heterocycles. The molecule has 1 N–H and O–H groups in total. The number of hydrogen-bond donors (Lipinski definition) is 1. The van der Waals surface area contributed by atoms with Crippen LogP contribution in [0.3, 0.4) is 0 Å². The van der Waals surface area contributed by atoms with Gasteiger partial charge in [-0.1, -0.05) is 24.3 Å². The van der Waals surface area contributed by atoms with Gasteiger partial charge in [-0.3, -0.25) is 19.4 Å². The summed E-state index contributed by atoms with van der Waals surface area (Å²) < 4.78 is 0.